The molecule has 3 aromatic rings. The summed E-state index contributed by atoms with van der Waals surface area (Å²) in [6, 6.07) is 7.58. The van der Waals surface area contributed by atoms with Crippen LogP contribution in [0.2, 0.25) is 0 Å². The molecule has 1 amide bonds. The highest BCUT2D eigenvalue weighted by atomic mass is 32.2. The molecule has 1 aliphatic carbocycles. The average molecular weight is 412 g/mol. The van der Waals surface area contributed by atoms with E-state index in [1.807, 2.05) is 28.8 Å². The van der Waals surface area contributed by atoms with Crippen molar-refractivity contribution in [1.82, 2.24) is 25.1 Å². The van der Waals surface area contributed by atoms with Gasteiger partial charge in [0.25, 0.3) is 0 Å². The van der Waals surface area contributed by atoms with E-state index in [4.69, 9.17) is 4.42 Å². The van der Waals surface area contributed by atoms with Gasteiger partial charge in [0.1, 0.15) is 5.76 Å². The molecular formula is C21H25N5O2S. The number of furan rings is 1. The lowest BCUT2D eigenvalue weighted by atomic mass is 9.89. The van der Waals surface area contributed by atoms with E-state index in [0.717, 1.165) is 17.9 Å². The molecule has 1 N–H and O–H groups in total. The van der Waals surface area contributed by atoms with Crippen LogP contribution in [0.25, 0.3) is 11.4 Å². The molecule has 0 unspecified atom stereocenters. The summed E-state index contributed by atoms with van der Waals surface area (Å²) in [4.78, 5) is 16.5. The fourth-order valence-electron chi connectivity index (χ4n) is 3.64. The van der Waals surface area contributed by atoms with Crippen molar-refractivity contribution < 1.29 is 9.21 Å². The van der Waals surface area contributed by atoms with Gasteiger partial charge in [-0.05, 0) is 43.0 Å². The van der Waals surface area contributed by atoms with E-state index in [1.54, 1.807) is 18.7 Å². The number of hydrogen-bond acceptors (Lipinski definition) is 6. The largest absolute Gasteiger partial charge is 0.467 e. The van der Waals surface area contributed by atoms with Crippen molar-refractivity contribution in [3.05, 3.63) is 48.7 Å². The number of aromatic nitrogens is 4. The van der Waals surface area contributed by atoms with Crippen LogP contribution < -0.4 is 5.32 Å². The number of pyridine rings is 1. The van der Waals surface area contributed by atoms with Gasteiger partial charge in [-0.25, -0.2) is 0 Å². The Hall–Kier alpha value is -2.61. The lowest BCUT2D eigenvalue weighted by Crippen LogP contribution is -2.31. The summed E-state index contributed by atoms with van der Waals surface area (Å²) in [6.07, 6.45) is 11.5. The number of carbonyl (C=O) groups excluding carboxylic acids is 1. The Morgan fingerprint density at radius 3 is 2.86 bits per heavy atom. The maximum Gasteiger partial charge on any atom is 0.230 e. The summed E-state index contributed by atoms with van der Waals surface area (Å²) >= 11 is 1.39. The second-order valence-corrected chi connectivity index (χ2v) is 8.25. The third kappa shape index (κ3) is 5.26. The summed E-state index contributed by atoms with van der Waals surface area (Å²) < 4.78 is 7.47. The van der Waals surface area contributed by atoms with Gasteiger partial charge in [0.2, 0.25) is 5.91 Å². The maximum atomic E-state index is 12.3. The second kappa shape index (κ2) is 9.73. The van der Waals surface area contributed by atoms with Gasteiger partial charge in [-0.15, -0.1) is 10.2 Å². The number of nitrogens with one attached hydrogen (secondary N) is 1. The summed E-state index contributed by atoms with van der Waals surface area (Å²) in [5, 5.41) is 12.4. The second-order valence-electron chi connectivity index (χ2n) is 7.31. The molecule has 0 aliphatic heterocycles. The first kappa shape index (κ1) is 19.7. The van der Waals surface area contributed by atoms with Crippen LogP contribution in [-0.4, -0.2) is 38.0 Å². The van der Waals surface area contributed by atoms with Crippen LogP contribution in [0.3, 0.4) is 0 Å². The molecule has 29 heavy (non-hydrogen) atoms. The van der Waals surface area contributed by atoms with Gasteiger partial charge < -0.3 is 9.73 Å². The molecule has 7 nitrogen and oxygen atoms in total. The summed E-state index contributed by atoms with van der Waals surface area (Å²) in [7, 11) is 0. The Morgan fingerprint density at radius 2 is 2.10 bits per heavy atom. The fraction of sp³-hybridized carbons (Fsp3) is 0.429. The van der Waals surface area contributed by atoms with Crippen molar-refractivity contribution in [2.75, 3.05) is 12.3 Å². The zero-order valence-electron chi connectivity index (χ0n) is 16.3. The van der Waals surface area contributed by atoms with Crippen molar-refractivity contribution in [3.63, 3.8) is 0 Å². The van der Waals surface area contributed by atoms with Gasteiger partial charge in [-0.1, -0.05) is 31.0 Å². The quantitative estimate of drug-likeness (QED) is 0.568. The van der Waals surface area contributed by atoms with E-state index in [0.29, 0.717) is 29.2 Å². The minimum absolute atomic E-state index is 0.0380. The molecule has 1 fully saturated rings. The average Bonchev–Trinajstić information content (AvgIpc) is 3.42. The normalized spacial score (nSPS) is 14.8. The molecule has 0 bridgehead atoms. The molecule has 1 saturated carbocycles. The zero-order chi connectivity index (χ0) is 19.9. The minimum atomic E-state index is 0.0380. The molecule has 0 spiro atoms. The molecule has 0 aromatic carbocycles. The van der Waals surface area contributed by atoms with Gasteiger partial charge in [-0.3, -0.25) is 14.3 Å². The van der Waals surface area contributed by atoms with E-state index >= 15 is 0 Å². The number of carbonyl (C=O) groups is 1. The Kier molecular flexibility index (Phi) is 6.61. The minimum Gasteiger partial charge on any atom is -0.467 e. The van der Waals surface area contributed by atoms with E-state index < -0.39 is 0 Å². The Labute approximate surface area is 174 Å². The van der Waals surface area contributed by atoms with Gasteiger partial charge in [0.05, 0.1) is 18.6 Å². The Balaban J connectivity index is 1.42. The van der Waals surface area contributed by atoms with Crippen molar-refractivity contribution in [1.29, 1.82) is 0 Å². The van der Waals surface area contributed by atoms with E-state index in [-0.39, 0.29) is 5.91 Å². The summed E-state index contributed by atoms with van der Waals surface area (Å²) in [6.45, 7) is 1.27. The molecule has 0 saturated heterocycles. The first-order chi connectivity index (χ1) is 14.3. The first-order valence-electron chi connectivity index (χ1n) is 10.0. The van der Waals surface area contributed by atoms with E-state index in [1.165, 1.54) is 43.9 Å². The molecule has 1 aliphatic rings. The molecule has 8 heteroatoms. The molecule has 0 atom stereocenters. The standard InChI is InChI=1S/C21H25N5O2S/c27-19(23-12-16-6-2-1-3-7-16)15-29-21-25-24-20(17-8-4-10-22-13-17)26(21)14-18-9-5-11-28-18/h4-5,8-11,13,16H,1-3,6-7,12,14-15H2,(H,23,27). The van der Waals surface area contributed by atoms with Gasteiger partial charge >= 0.3 is 0 Å². The summed E-state index contributed by atoms with van der Waals surface area (Å²) in [5.41, 5.74) is 0.875. The predicted molar refractivity (Wildman–Crippen MR) is 111 cm³/mol. The molecule has 3 heterocycles. The lowest BCUT2D eigenvalue weighted by molar-refractivity contribution is -0.118. The Morgan fingerprint density at radius 1 is 1.21 bits per heavy atom. The number of thioether (sulfide) groups is 1. The van der Waals surface area contributed by atoms with Crippen LogP contribution in [0.5, 0.6) is 0 Å². The lowest BCUT2D eigenvalue weighted by Gasteiger charge is -2.21. The SMILES string of the molecule is O=C(CSc1nnc(-c2cccnc2)n1Cc1ccco1)NCC1CCCCC1. The van der Waals surface area contributed by atoms with Gasteiger partial charge in [0.15, 0.2) is 11.0 Å². The zero-order valence-corrected chi connectivity index (χ0v) is 17.1. The van der Waals surface area contributed by atoms with E-state index in [2.05, 4.69) is 20.5 Å². The molecule has 4 rings (SSSR count). The van der Waals surface area contributed by atoms with Crippen LogP contribution in [0, 0.1) is 5.92 Å². The predicted octanol–water partition coefficient (Wildman–Crippen LogP) is 3.77. The van der Waals surface area contributed by atoms with Crippen molar-refractivity contribution in [3.8, 4) is 11.4 Å². The van der Waals surface area contributed by atoms with Gasteiger partial charge in [0, 0.05) is 24.5 Å². The topological polar surface area (TPSA) is 85.8 Å². The smallest absolute Gasteiger partial charge is 0.230 e. The number of amides is 1. The number of rotatable bonds is 8. The van der Waals surface area contributed by atoms with Gasteiger partial charge in [-0.2, -0.15) is 0 Å². The van der Waals surface area contributed by atoms with Crippen LogP contribution in [0.1, 0.15) is 37.9 Å². The third-order valence-electron chi connectivity index (χ3n) is 5.18. The van der Waals surface area contributed by atoms with Crippen molar-refractivity contribution in [2.45, 2.75) is 43.8 Å². The molecular weight excluding hydrogens is 386 g/mol. The maximum absolute atomic E-state index is 12.3. The fourth-order valence-corrected chi connectivity index (χ4v) is 4.40. The molecule has 0 radical (unpaired) electrons. The highest BCUT2D eigenvalue weighted by molar-refractivity contribution is 7.99. The van der Waals surface area contributed by atoms with Crippen LogP contribution in [-0.2, 0) is 11.3 Å². The highest BCUT2D eigenvalue weighted by Crippen LogP contribution is 2.25. The van der Waals surface area contributed by atoms with Crippen LogP contribution >= 0.6 is 11.8 Å². The molecule has 3 aromatic heterocycles. The Bertz CT molecular complexity index is 905. The third-order valence-corrected chi connectivity index (χ3v) is 6.14. The summed E-state index contributed by atoms with van der Waals surface area (Å²) in [5.74, 6) is 2.49. The van der Waals surface area contributed by atoms with Crippen LogP contribution in [0.4, 0.5) is 0 Å². The number of nitrogens with zero attached hydrogens (tertiary/aromatic N) is 4. The van der Waals surface area contributed by atoms with E-state index in [9.17, 15) is 4.79 Å². The monoisotopic (exact) mass is 411 g/mol. The van der Waals surface area contributed by atoms with Crippen molar-refractivity contribution in [2.24, 2.45) is 5.92 Å². The number of hydrogen-bond donors (Lipinski definition) is 1. The van der Waals surface area contributed by atoms with Crippen LogP contribution in [0.15, 0.2) is 52.5 Å². The molecule has 152 valence electrons. The highest BCUT2D eigenvalue weighted by Gasteiger charge is 2.18. The first-order valence-corrected chi connectivity index (χ1v) is 11.0. The van der Waals surface area contributed by atoms with Crippen molar-refractivity contribution >= 4 is 17.7 Å².